The third-order valence-electron chi connectivity index (χ3n) is 4.77. The fraction of sp³-hybridized carbons (Fsp3) is 0.263. The monoisotopic (exact) mass is 439 g/mol. The minimum Gasteiger partial charge on any atom is -0.359 e. The third kappa shape index (κ3) is 4.38. The summed E-state index contributed by atoms with van der Waals surface area (Å²) >= 11 is 12.3. The number of nitrogens with zero attached hydrogens (tertiary/aromatic N) is 2. The van der Waals surface area contributed by atoms with Gasteiger partial charge in [0.1, 0.15) is 5.82 Å². The Morgan fingerprint density at radius 1 is 1.17 bits per heavy atom. The molecule has 10 heteroatoms. The average molecular weight is 440 g/mol. The molecule has 1 aromatic carbocycles. The number of carbonyl (C=O) groups excluding carboxylic acids is 1. The molecule has 1 aliphatic rings. The molecule has 6 nitrogen and oxygen atoms in total. The summed E-state index contributed by atoms with van der Waals surface area (Å²) in [6.45, 7) is 0.353. The van der Waals surface area contributed by atoms with E-state index >= 15 is 0 Å². The number of halogens is 4. The molecular formula is C19H17Cl2F2N5O. The number of hydrogen-bond acceptors (Lipinski definition) is 3. The molecule has 2 aromatic heterocycles. The second-order valence-electron chi connectivity index (χ2n) is 6.84. The Balaban J connectivity index is 1.43. The van der Waals surface area contributed by atoms with Gasteiger partial charge in [-0.05, 0) is 24.3 Å². The van der Waals surface area contributed by atoms with Crippen molar-refractivity contribution in [3.63, 3.8) is 0 Å². The standard InChI is InChI=1S/C19H17Cl2F2N5O/c20-11-1-2-15-13(7-11)16(10-24-15)27-18(29)26-12-8-14(21)17(25-9-12)28-5-3-19(22,23)4-6-28/h1-2,7-10,24H,3-6H2,(H2,26,27,29). The molecule has 0 bridgehead atoms. The molecule has 0 atom stereocenters. The highest BCUT2D eigenvalue weighted by atomic mass is 35.5. The second-order valence-corrected chi connectivity index (χ2v) is 7.69. The molecule has 29 heavy (non-hydrogen) atoms. The van der Waals surface area contributed by atoms with Gasteiger partial charge in [-0.1, -0.05) is 23.2 Å². The number of piperidine rings is 1. The van der Waals surface area contributed by atoms with Gasteiger partial charge in [-0.3, -0.25) is 0 Å². The molecule has 0 radical (unpaired) electrons. The molecule has 3 heterocycles. The number of fused-ring (bicyclic) bond motifs is 1. The van der Waals surface area contributed by atoms with Gasteiger partial charge in [-0.2, -0.15) is 0 Å². The number of carbonyl (C=O) groups is 1. The van der Waals surface area contributed by atoms with Crippen molar-refractivity contribution in [1.29, 1.82) is 0 Å². The van der Waals surface area contributed by atoms with E-state index in [1.54, 1.807) is 29.3 Å². The lowest BCUT2D eigenvalue weighted by molar-refractivity contribution is -0.0221. The SMILES string of the molecule is O=C(Nc1cnc(N2CCC(F)(F)CC2)c(Cl)c1)Nc1c[nH]c2ccc(Cl)cc12. The van der Waals surface area contributed by atoms with Crippen LogP contribution in [0.4, 0.5) is 30.8 Å². The average Bonchev–Trinajstić information content (AvgIpc) is 3.04. The first-order chi connectivity index (χ1) is 13.8. The van der Waals surface area contributed by atoms with Crippen LogP contribution < -0.4 is 15.5 Å². The van der Waals surface area contributed by atoms with E-state index in [4.69, 9.17) is 23.2 Å². The summed E-state index contributed by atoms with van der Waals surface area (Å²) < 4.78 is 26.7. The van der Waals surface area contributed by atoms with Crippen LogP contribution in [0.2, 0.25) is 10.0 Å². The predicted octanol–water partition coefficient (Wildman–Crippen LogP) is 5.75. The van der Waals surface area contributed by atoms with Gasteiger partial charge in [0.2, 0.25) is 0 Å². The van der Waals surface area contributed by atoms with Crippen molar-refractivity contribution in [1.82, 2.24) is 9.97 Å². The zero-order chi connectivity index (χ0) is 20.6. The minimum atomic E-state index is -2.64. The third-order valence-corrected chi connectivity index (χ3v) is 5.28. The molecule has 3 N–H and O–H groups in total. The van der Waals surface area contributed by atoms with Crippen molar-refractivity contribution in [2.45, 2.75) is 18.8 Å². The molecule has 1 fully saturated rings. The summed E-state index contributed by atoms with van der Waals surface area (Å²) in [4.78, 5) is 21.4. The zero-order valence-electron chi connectivity index (χ0n) is 15.1. The Kier molecular flexibility index (Phi) is 5.23. The van der Waals surface area contributed by atoms with Crippen molar-refractivity contribution in [3.8, 4) is 0 Å². The molecule has 152 valence electrons. The quantitative estimate of drug-likeness (QED) is 0.486. The number of urea groups is 1. The molecule has 2 amide bonds. The van der Waals surface area contributed by atoms with Crippen LogP contribution in [-0.4, -0.2) is 35.0 Å². The van der Waals surface area contributed by atoms with Crippen molar-refractivity contribution in [3.05, 3.63) is 46.7 Å². The maximum Gasteiger partial charge on any atom is 0.323 e. The summed E-state index contributed by atoms with van der Waals surface area (Å²) in [5, 5.41) is 7.02. The molecule has 4 rings (SSSR count). The van der Waals surface area contributed by atoms with Crippen LogP contribution in [0.25, 0.3) is 10.9 Å². The predicted molar refractivity (Wildman–Crippen MR) is 112 cm³/mol. The van der Waals surface area contributed by atoms with Crippen molar-refractivity contribution in [2.75, 3.05) is 28.6 Å². The molecule has 0 unspecified atom stereocenters. The van der Waals surface area contributed by atoms with Gasteiger partial charge in [0.15, 0.2) is 0 Å². The maximum absolute atomic E-state index is 13.3. The van der Waals surface area contributed by atoms with Gasteiger partial charge >= 0.3 is 6.03 Å². The zero-order valence-corrected chi connectivity index (χ0v) is 16.6. The van der Waals surface area contributed by atoms with Gasteiger partial charge in [0.25, 0.3) is 5.92 Å². The van der Waals surface area contributed by atoms with Gasteiger partial charge in [0, 0.05) is 48.1 Å². The fourth-order valence-corrected chi connectivity index (χ4v) is 3.72. The van der Waals surface area contributed by atoms with Gasteiger partial charge in [-0.25, -0.2) is 18.6 Å². The summed E-state index contributed by atoms with van der Waals surface area (Å²) in [7, 11) is 0. The highest BCUT2D eigenvalue weighted by Crippen LogP contribution is 2.33. The minimum absolute atomic E-state index is 0.177. The van der Waals surface area contributed by atoms with Crippen molar-refractivity contribution < 1.29 is 13.6 Å². The number of benzene rings is 1. The Morgan fingerprint density at radius 3 is 2.66 bits per heavy atom. The second kappa shape index (κ2) is 7.68. The Labute approximate surface area is 175 Å². The van der Waals surface area contributed by atoms with E-state index in [9.17, 15) is 13.6 Å². The van der Waals surface area contributed by atoms with E-state index in [2.05, 4.69) is 20.6 Å². The van der Waals surface area contributed by atoms with E-state index in [-0.39, 0.29) is 31.0 Å². The van der Waals surface area contributed by atoms with Crippen LogP contribution in [0.5, 0.6) is 0 Å². The number of nitrogens with one attached hydrogen (secondary N) is 3. The molecule has 0 aliphatic carbocycles. The van der Waals surface area contributed by atoms with Crippen molar-refractivity contribution >= 4 is 57.3 Å². The lowest BCUT2D eigenvalue weighted by Crippen LogP contribution is -2.39. The van der Waals surface area contributed by atoms with Crippen LogP contribution >= 0.6 is 23.2 Å². The van der Waals surface area contributed by atoms with E-state index in [0.29, 0.717) is 22.2 Å². The first-order valence-corrected chi connectivity index (χ1v) is 9.69. The van der Waals surface area contributed by atoms with Crippen LogP contribution in [0.1, 0.15) is 12.8 Å². The smallest absolute Gasteiger partial charge is 0.323 e. The van der Waals surface area contributed by atoms with Crippen LogP contribution in [0, 0.1) is 0 Å². The van der Waals surface area contributed by atoms with Crippen molar-refractivity contribution in [2.24, 2.45) is 0 Å². The molecule has 0 spiro atoms. The lowest BCUT2D eigenvalue weighted by atomic mass is 10.1. The van der Waals surface area contributed by atoms with E-state index < -0.39 is 12.0 Å². The number of anilines is 3. The van der Waals surface area contributed by atoms with Gasteiger partial charge in [-0.15, -0.1) is 0 Å². The van der Waals surface area contributed by atoms with Crippen LogP contribution in [0.3, 0.4) is 0 Å². The lowest BCUT2D eigenvalue weighted by Gasteiger charge is -2.33. The largest absolute Gasteiger partial charge is 0.359 e. The fourth-order valence-electron chi connectivity index (χ4n) is 3.26. The summed E-state index contributed by atoms with van der Waals surface area (Å²) in [5.74, 6) is -2.21. The Hall–Kier alpha value is -2.58. The first-order valence-electron chi connectivity index (χ1n) is 8.94. The number of H-pyrrole nitrogens is 1. The first kappa shape index (κ1) is 19.7. The van der Waals surface area contributed by atoms with Gasteiger partial charge < -0.3 is 20.5 Å². The molecular weight excluding hydrogens is 423 g/mol. The molecule has 0 saturated carbocycles. The number of hydrogen-bond donors (Lipinski definition) is 3. The van der Waals surface area contributed by atoms with E-state index in [1.165, 1.54) is 6.20 Å². The Morgan fingerprint density at radius 2 is 1.93 bits per heavy atom. The topological polar surface area (TPSA) is 73.1 Å². The molecule has 1 aliphatic heterocycles. The number of amides is 2. The van der Waals surface area contributed by atoms with Crippen LogP contribution in [-0.2, 0) is 0 Å². The summed E-state index contributed by atoms with van der Waals surface area (Å²) in [6, 6.07) is 6.39. The normalized spacial score (nSPS) is 16.1. The van der Waals surface area contributed by atoms with Crippen LogP contribution in [0.15, 0.2) is 36.7 Å². The molecule has 1 saturated heterocycles. The van der Waals surface area contributed by atoms with Gasteiger partial charge in [0.05, 0.1) is 22.6 Å². The van der Waals surface area contributed by atoms with E-state index in [1.807, 2.05) is 6.07 Å². The maximum atomic E-state index is 13.3. The Bertz CT molecular complexity index is 1060. The number of aromatic amines is 1. The summed E-state index contributed by atoms with van der Waals surface area (Å²) in [6.07, 6.45) is 2.64. The number of aromatic nitrogens is 2. The summed E-state index contributed by atoms with van der Waals surface area (Å²) in [5.41, 5.74) is 1.80. The number of rotatable bonds is 3. The van der Waals surface area contributed by atoms with E-state index in [0.717, 1.165) is 10.9 Å². The highest BCUT2D eigenvalue weighted by molar-refractivity contribution is 6.33. The molecule has 3 aromatic rings. The number of pyridine rings is 1. The number of alkyl halides is 2. The highest BCUT2D eigenvalue weighted by Gasteiger charge is 2.34.